The molecule has 96 valence electrons. The lowest BCUT2D eigenvalue weighted by molar-refractivity contribution is 0.189. The van der Waals surface area contributed by atoms with Crippen molar-refractivity contribution in [2.45, 2.75) is 10.3 Å². The number of sulfonamides is 1. The molecule has 1 aliphatic heterocycles. The van der Waals surface area contributed by atoms with Crippen molar-refractivity contribution < 1.29 is 8.42 Å². The van der Waals surface area contributed by atoms with Gasteiger partial charge in [-0.25, -0.2) is 13.1 Å². The molecule has 0 atom stereocenters. The van der Waals surface area contributed by atoms with Crippen molar-refractivity contribution >= 4 is 33.0 Å². The van der Waals surface area contributed by atoms with E-state index in [1.165, 1.54) is 10.4 Å². The average Bonchev–Trinajstić information content (AvgIpc) is 2.86. The zero-order valence-corrected chi connectivity index (χ0v) is 11.5. The van der Waals surface area contributed by atoms with Crippen LogP contribution in [0.5, 0.6) is 0 Å². The SMILES string of the molecule is O=S(=O)(c1ccc(Cl)s1)N1CC(n2ccnn2)C1. The summed E-state index contributed by atoms with van der Waals surface area (Å²) in [4.78, 5) is 0. The number of hydrogen-bond acceptors (Lipinski definition) is 5. The van der Waals surface area contributed by atoms with Gasteiger partial charge in [0.2, 0.25) is 0 Å². The first kappa shape index (κ1) is 12.1. The third kappa shape index (κ3) is 1.95. The minimum absolute atomic E-state index is 0.0673. The fraction of sp³-hybridized carbons (Fsp3) is 0.333. The summed E-state index contributed by atoms with van der Waals surface area (Å²) < 4.78 is 28.2. The molecular weight excluding hydrogens is 296 g/mol. The van der Waals surface area contributed by atoms with Crippen molar-refractivity contribution in [1.29, 1.82) is 0 Å². The van der Waals surface area contributed by atoms with Gasteiger partial charge in [0, 0.05) is 19.3 Å². The first-order valence-electron chi connectivity index (χ1n) is 5.18. The van der Waals surface area contributed by atoms with Crippen LogP contribution >= 0.6 is 22.9 Å². The van der Waals surface area contributed by atoms with Crippen LogP contribution in [-0.4, -0.2) is 40.8 Å². The van der Waals surface area contributed by atoms with Gasteiger partial charge in [-0.1, -0.05) is 16.8 Å². The summed E-state index contributed by atoms with van der Waals surface area (Å²) in [5.74, 6) is 0. The minimum Gasteiger partial charge on any atom is -0.247 e. The average molecular weight is 305 g/mol. The topological polar surface area (TPSA) is 68.1 Å². The van der Waals surface area contributed by atoms with Gasteiger partial charge in [0.1, 0.15) is 4.21 Å². The molecule has 0 aliphatic carbocycles. The molecule has 0 saturated carbocycles. The predicted molar refractivity (Wildman–Crippen MR) is 67.1 cm³/mol. The lowest BCUT2D eigenvalue weighted by Crippen LogP contribution is -2.50. The number of halogens is 1. The Bertz CT molecular complexity index is 646. The number of rotatable bonds is 3. The van der Waals surface area contributed by atoms with Crippen molar-refractivity contribution in [3.05, 3.63) is 28.9 Å². The first-order chi connectivity index (χ1) is 8.57. The van der Waals surface area contributed by atoms with Crippen molar-refractivity contribution in [3.63, 3.8) is 0 Å². The van der Waals surface area contributed by atoms with Crippen LogP contribution in [0.15, 0.2) is 28.7 Å². The number of nitrogens with zero attached hydrogens (tertiary/aromatic N) is 4. The molecule has 1 aliphatic rings. The Hall–Kier alpha value is -0.960. The van der Waals surface area contributed by atoms with E-state index in [-0.39, 0.29) is 10.3 Å². The van der Waals surface area contributed by atoms with Crippen molar-refractivity contribution in [2.24, 2.45) is 0 Å². The Kier molecular flexibility index (Phi) is 2.89. The molecule has 0 N–H and O–H groups in total. The Morgan fingerprint density at radius 3 is 2.72 bits per heavy atom. The molecule has 1 saturated heterocycles. The molecule has 6 nitrogen and oxygen atoms in total. The van der Waals surface area contributed by atoms with Gasteiger partial charge in [0.25, 0.3) is 10.0 Å². The van der Waals surface area contributed by atoms with Crippen LogP contribution in [-0.2, 0) is 10.0 Å². The number of thiophene rings is 1. The summed E-state index contributed by atoms with van der Waals surface area (Å²) in [6.45, 7) is 0.836. The summed E-state index contributed by atoms with van der Waals surface area (Å²) in [7, 11) is -3.40. The molecule has 9 heteroatoms. The van der Waals surface area contributed by atoms with Gasteiger partial charge in [-0.05, 0) is 12.1 Å². The van der Waals surface area contributed by atoms with Crippen LogP contribution in [0.2, 0.25) is 4.34 Å². The molecule has 1 fully saturated rings. The Morgan fingerprint density at radius 2 is 2.17 bits per heavy atom. The van der Waals surface area contributed by atoms with Crippen molar-refractivity contribution in [1.82, 2.24) is 19.3 Å². The number of aromatic nitrogens is 3. The molecule has 2 aromatic rings. The van der Waals surface area contributed by atoms with Crippen molar-refractivity contribution in [2.75, 3.05) is 13.1 Å². The van der Waals surface area contributed by atoms with E-state index in [2.05, 4.69) is 10.3 Å². The van der Waals surface area contributed by atoms with Crippen LogP contribution in [0.1, 0.15) is 6.04 Å². The van der Waals surface area contributed by atoms with Gasteiger partial charge in [-0.2, -0.15) is 4.31 Å². The summed E-state index contributed by atoms with van der Waals surface area (Å²) in [6, 6.07) is 3.19. The monoisotopic (exact) mass is 304 g/mol. The molecule has 0 spiro atoms. The Balaban J connectivity index is 1.75. The third-order valence-corrected chi connectivity index (χ3v) is 6.32. The van der Waals surface area contributed by atoms with Gasteiger partial charge in [-0.15, -0.1) is 16.4 Å². The van der Waals surface area contributed by atoms with E-state index < -0.39 is 10.0 Å². The van der Waals surface area contributed by atoms with Crippen LogP contribution in [0.4, 0.5) is 0 Å². The summed E-state index contributed by atoms with van der Waals surface area (Å²) in [6.07, 6.45) is 3.31. The summed E-state index contributed by atoms with van der Waals surface area (Å²) in [5.41, 5.74) is 0. The normalized spacial score (nSPS) is 17.8. The van der Waals surface area contributed by atoms with Gasteiger partial charge >= 0.3 is 0 Å². The van der Waals surface area contributed by atoms with Crippen LogP contribution < -0.4 is 0 Å². The lowest BCUT2D eigenvalue weighted by Gasteiger charge is -2.37. The fourth-order valence-corrected chi connectivity index (χ4v) is 4.91. The maximum atomic E-state index is 12.2. The van der Waals surface area contributed by atoms with Crippen LogP contribution in [0.25, 0.3) is 0 Å². The number of hydrogen-bond donors (Lipinski definition) is 0. The Morgan fingerprint density at radius 1 is 1.39 bits per heavy atom. The molecule has 0 radical (unpaired) electrons. The molecule has 0 amide bonds. The molecule has 0 bridgehead atoms. The molecule has 3 heterocycles. The second-order valence-corrected chi connectivity index (χ2v) is 7.80. The molecule has 18 heavy (non-hydrogen) atoms. The smallest absolute Gasteiger partial charge is 0.247 e. The van der Waals surface area contributed by atoms with E-state index in [4.69, 9.17) is 11.6 Å². The highest BCUT2D eigenvalue weighted by molar-refractivity contribution is 7.91. The Labute approximate surface area is 113 Å². The van der Waals surface area contributed by atoms with Gasteiger partial charge < -0.3 is 0 Å². The highest BCUT2D eigenvalue weighted by Crippen LogP contribution is 2.32. The van der Waals surface area contributed by atoms with E-state index in [1.807, 2.05) is 0 Å². The van der Waals surface area contributed by atoms with E-state index in [1.54, 1.807) is 23.1 Å². The lowest BCUT2D eigenvalue weighted by atomic mass is 10.2. The zero-order chi connectivity index (χ0) is 12.8. The quantitative estimate of drug-likeness (QED) is 0.855. The molecule has 3 rings (SSSR count). The zero-order valence-electron chi connectivity index (χ0n) is 9.10. The van der Waals surface area contributed by atoms with Gasteiger partial charge in [-0.3, -0.25) is 0 Å². The predicted octanol–water partition coefficient (Wildman–Crippen LogP) is 1.24. The molecule has 0 aromatic carbocycles. The van der Waals surface area contributed by atoms with E-state index in [9.17, 15) is 8.42 Å². The highest BCUT2D eigenvalue weighted by Gasteiger charge is 2.38. The molecular formula is C9H9ClN4O2S2. The van der Waals surface area contributed by atoms with Gasteiger partial charge in [0.15, 0.2) is 0 Å². The summed E-state index contributed by atoms with van der Waals surface area (Å²) in [5, 5.41) is 7.56. The van der Waals surface area contributed by atoms with Crippen LogP contribution in [0, 0.1) is 0 Å². The molecule has 0 unspecified atom stereocenters. The van der Waals surface area contributed by atoms with E-state index in [0.29, 0.717) is 17.4 Å². The first-order valence-corrected chi connectivity index (χ1v) is 7.82. The maximum absolute atomic E-state index is 12.2. The summed E-state index contributed by atoms with van der Waals surface area (Å²) >= 11 is 6.83. The standard InChI is InChI=1S/C9H9ClN4O2S2/c10-8-1-2-9(17-8)18(15,16)13-5-7(6-13)14-4-3-11-12-14/h1-4,7H,5-6H2. The highest BCUT2D eigenvalue weighted by atomic mass is 35.5. The van der Waals surface area contributed by atoms with E-state index >= 15 is 0 Å². The largest absolute Gasteiger partial charge is 0.252 e. The van der Waals surface area contributed by atoms with E-state index in [0.717, 1.165) is 11.3 Å². The minimum atomic E-state index is -3.40. The molecule has 2 aromatic heterocycles. The fourth-order valence-electron chi connectivity index (χ4n) is 1.76. The van der Waals surface area contributed by atoms with Crippen molar-refractivity contribution in [3.8, 4) is 0 Å². The maximum Gasteiger partial charge on any atom is 0.252 e. The third-order valence-electron chi connectivity index (χ3n) is 2.79. The van der Waals surface area contributed by atoms with Gasteiger partial charge in [0.05, 0.1) is 16.6 Å². The second-order valence-electron chi connectivity index (χ2n) is 3.92. The second kappa shape index (κ2) is 4.30. The van der Waals surface area contributed by atoms with Crippen LogP contribution in [0.3, 0.4) is 0 Å².